The van der Waals surface area contributed by atoms with Crippen LogP contribution in [0.5, 0.6) is 0 Å². The molecule has 1 N–H and O–H groups in total. The van der Waals surface area contributed by atoms with Gasteiger partial charge in [-0.25, -0.2) is 0 Å². The molecule has 1 saturated heterocycles. The lowest BCUT2D eigenvalue weighted by Crippen LogP contribution is -2.65. The number of hydrogen-bond donors (Lipinski definition) is 1. The maximum atomic E-state index is 12.6. The van der Waals surface area contributed by atoms with Gasteiger partial charge in [0.15, 0.2) is 6.10 Å². The van der Waals surface area contributed by atoms with Gasteiger partial charge in [-0.2, -0.15) is 5.06 Å². The summed E-state index contributed by atoms with van der Waals surface area (Å²) in [6.45, 7) is 18.3. The number of amides is 1. The number of hydroxylamine groups is 2. The number of carbonyl (C=O) groups excluding carboxylic acids is 1. The maximum absolute atomic E-state index is 12.6. The average Bonchev–Trinajstić information content (AvgIpc) is 2.65. The van der Waals surface area contributed by atoms with Crippen molar-refractivity contribution in [3.05, 3.63) is 0 Å². The van der Waals surface area contributed by atoms with Crippen molar-refractivity contribution in [1.29, 1.82) is 0 Å². The summed E-state index contributed by atoms with van der Waals surface area (Å²) in [4.78, 5) is 19.0. The SMILES string of the molecule is CCC1(C)CCC(C)C(C)(CC)N1OC(C)C(=O)NCCC[N+](C)(C)CC. The molecule has 1 fully saturated rings. The molecule has 4 atom stereocenters. The molecule has 0 aromatic rings. The van der Waals surface area contributed by atoms with Crippen LogP contribution in [0.15, 0.2) is 0 Å². The van der Waals surface area contributed by atoms with E-state index in [-0.39, 0.29) is 17.0 Å². The quantitative estimate of drug-likeness (QED) is 0.457. The fourth-order valence-corrected chi connectivity index (χ4v) is 4.04. The van der Waals surface area contributed by atoms with Crippen molar-refractivity contribution in [3.8, 4) is 0 Å². The summed E-state index contributed by atoms with van der Waals surface area (Å²) in [5, 5.41) is 5.26. The van der Waals surface area contributed by atoms with E-state index in [4.69, 9.17) is 4.84 Å². The van der Waals surface area contributed by atoms with E-state index in [2.05, 4.69) is 66.0 Å². The summed E-state index contributed by atoms with van der Waals surface area (Å²) in [7, 11) is 4.45. The van der Waals surface area contributed by atoms with Gasteiger partial charge in [-0.3, -0.25) is 9.63 Å². The van der Waals surface area contributed by atoms with Gasteiger partial charge in [0, 0.05) is 24.0 Å². The van der Waals surface area contributed by atoms with Crippen molar-refractivity contribution in [2.24, 2.45) is 5.92 Å². The molecule has 27 heavy (non-hydrogen) atoms. The van der Waals surface area contributed by atoms with Crippen molar-refractivity contribution >= 4 is 5.91 Å². The number of rotatable bonds is 10. The van der Waals surface area contributed by atoms with Crippen LogP contribution in [-0.4, -0.2) is 66.4 Å². The lowest BCUT2D eigenvalue weighted by atomic mass is 9.71. The van der Waals surface area contributed by atoms with Crippen molar-refractivity contribution < 1.29 is 14.1 Å². The molecule has 160 valence electrons. The Hall–Kier alpha value is -0.650. The molecule has 0 aliphatic carbocycles. The molecule has 4 unspecified atom stereocenters. The molecule has 1 amide bonds. The minimum atomic E-state index is -0.472. The van der Waals surface area contributed by atoms with Gasteiger partial charge >= 0.3 is 0 Å². The molecular formula is C22H46N3O2+. The Morgan fingerprint density at radius 2 is 1.89 bits per heavy atom. The van der Waals surface area contributed by atoms with Crippen LogP contribution in [0, 0.1) is 5.92 Å². The summed E-state index contributed by atoms with van der Waals surface area (Å²) >= 11 is 0. The van der Waals surface area contributed by atoms with Crippen LogP contribution in [0.25, 0.3) is 0 Å². The van der Waals surface area contributed by atoms with Gasteiger partial charge < -0.3 is 9.80 Å². The molecule has 1 aliphatic rings. The molecule has 0 radical (unpaired) electrons. The zero-order valence-electron chi connectivity index (χ0n) is 19.5. The summed E-state index contributed by atoms with van der Waals surface area (Å²) in [6, 6.07) is 0. The van der Waals surface area contributed by atoms with Gasteiger partial charge in [-0.05, 0) is 59.3 Å². The smallest absolute Gasteiger partial charge is 0.250 e. The molecule has 5 heteroatoms. The molecule has 1 rings (SSSR count). The van der Waals surface area contributed by atoms with Gasteiger partial charge in [0.2, 0.25) is 0 Å². The van der Waals surface area contributed by atoms with Crippen molar-refractivity contribution in [1.82, 2.24) is 10.4 Å². The molecule has 1 heterocycles. The van der Waals surface area contributed by atoms with Crippen molar-refractivity contribution in [2.75, 3.05) is 33.7 Å². The Morgan fingerprint density at radius 1 is 1.26 bits per heavy atom. The van der Waals surface area contributed by atoms with Gasteiger partial charge in [-0.15, -0.1) is 0 Å². The largest absolute Gasteiger partial charge is 0.354 e. The fraction of sp³-hybridized carbons (Fsp3) is 0.955. The van der Waals surface area contributed by atoms with Gasteiger partial charge in [0.25, 0.3) is 5.91 Å². The molecule has 0 aromatic carbocycles. The summed E-state index contributed by atoms with van der Waals surface area (Å²) < 4.78 is 0.983. The molecule has 0 aromatic heterocycles. The van der Waals surface area contributed by atoms with Crippen LogP contribution in [-0.2, 0) is 9.63 Å². The maximum Gasteiger partial charge on any atom is 0.250 e. The lowest BCUT2D eigenvalue weighted by molar-refractivity contribution is -0.888. The standard InChI is InChI=1S/C22H45N3O2/c1-10-21(6)15-14-18(4)22(7,11-2)24(21)27-19(5)20(26)23-16-13-17-25(8,9)12-3/h18-19H,10-17H2,1-9H3/p+1. The first-order valence-corrected chi connectivity index (χ1v) is 11.0. The number of nitrogens with one attached hydrogen (secondary N) is 1. The van der Waals surface area contributed by atoms with Gasteiger partial charge in [0.1, 0.15) is 0 Å². The second kappa shape index (κ2) is 9.71. The van der Waals surface area contributed by atoms with E-state index in [9.17, 15) is 4.79 Å². The van der Waals surface area contributed by atoms with Gasteiger partial charge in [-0.1, -0.05) is 20.8 Å². The topological polar surface area (TPSA) is 41.6 Å². The first kappa shape index (κ1) is 24.4. The predicted octanol–water partition coefficient (Wildman–Crippen LogP) is 3.98. The number of carbonyl (C=O) groups is 1. The lowest BCUT2D eigenvalue weighted by Gasteiger charge is -2.57. The highest BCUT2D eigenvalue weighted by molar-refractivity contribution is 5.80. The number of nitrogens with zero attached hydrogens (tertiary/aromatic N) is 2. The van der Waals surface area contributed by atoms with E-state index < -0.39 is 6.10 Å². The second-order valence-corrected chi connectivity index (χ2v) is 9.66. The Bertz CT molecular complexity index is 482. The Labute approximate surface area is 168 Å². The first-order valence-electron chi connectivity index (χ1n) is 11.0. The average molecular weight is 385 g/mol. The van der Waals surface area contributed by atoms with E-state index in [0.29, 0.717) is 12.5 Å². The van der Waals surface area contributed by atoms with E-state index in [1.807, 2.05) is 6.92 Å². The number of piperidine rings is 1. The third kappa shape index (κ3) is 5.91. The summed E-state index contributed by atoms with van der Waals surface area (Å²) in [5.74, 6) is 0.540. The van der Waals surface area contributed by atoms with Gasteiger partial charge in [0.05, 0.1) is 27.2 Å². The van der Waals surface area contributed by atoms with Crippen LogP contribution < -0.4 is 5.32 Å². The Balaban J connectivity index is 2.70. The third-order valence-electron chi connectivity index (χ3n) is 7.34. The van der Waals surface area contributed by atoms with E-state index in [1.54, 1.807) is 0 Å². The van der Waals surface area contributed by atoms with Crippen LogP contribution in [0.1, 0.15) is 80.6 Å². The fourth-order valence-electron chi connectivity index (χ4n) is 4.04. The minimum Gasteiger partial charge on any atom is -0.354 e. The number of hydrogen-bond acceptors (Lipinski definition) is 3. The summed E-state index contributed by atoms with van der Waals surface area (Å²) in [6.07, 6.45) is 4.87. The Morgan fingerprint density at radius 3 is 2.41 bits per heavy atom. The molecule has 5 nitrogen and oxygen atoms in total. The van der Waals surface area contributed by atoms with Crippen LogP contribution in [0.4, 0.5) is 0 Å². The molecule has 0 saturated carbocycles. The third-order valence-corrected chi connectivity index (χ3v) is 7.34. The molecule has 1 aliphatic heterocycles. The number of quaternary nitrogens is 1. The van der Waals surface area contributed by atoms with Crippen LogP contribution >= 0.6 is 0 Å². The van der Waals surface area contributed by atoms with E-state index in [1.165, 1.54) is 6.42 Å². The monoisotopic (exact) mass is 384 g/mol. The highest BCUT2D eigenvalue weighted by Crippen LogP contribution is 2.45. The predicted molar refractivity (Wildman–Crippen MR) is 113 cm³/mol. The second-order valence-electron chi connectivity index (χ2n) is 9.66. The minimum absolute atomic E-state index is 0.00747. The highest BCUT2D eigenvalue weighted by Gasteiger charge is 2.50. The zero-order valence-corrected chi connectivity index (χ0v) is 19.5. The molecule has 0 spiro atoms. The van der Waals surface area contributed by atoms with E-state index >= 15 is 0 Å². The molecular weight excluding hydrogens is 338 g/mol. The Kier molecular flexibility index (Phi) is 8.77. The zero-order chi connectivity index (χ0) is 20.9. The van der Waals surface area contributed by atoms with Crippen LogP contribution in [0.2, 0.25) is 0 Å². The van der Waals surface area contributed by atoms with E-state index in [0.717, 1.165) is 43.3 Å². The van der Waals surface area contributed by atoms with Crippen LogP contribution in [0.3, 0.4) is 0 Å². The normalized spacial score (nSPS) is 30.9. The summed E-state index contributed by atoms with van der Waals surface area (Å²) in [5.41, 5.74) is -0.0609. The van der Waals surface area contributed by atoms with Crippen molar-refractivity contribution in [3.63, 3.8) is 0 Å². The first-order chi connectivity index (χ1) is 12.5. The van der Waals surface area contributed by atoms with Crippen molar-refractivity contribution in [2.45, 2.75) is 97.8 Å². The highest BCUT2D eigenvalue weighted by atomic mass is 16.7. The molecule has 0 bridgehead atoms.